The SMILES string of the molecule is CCN(CC)C(C)CNC(=O)c1ccc(OC)c(F)c1. The first-order valence-corrected chi connectivity index (χ1v) is 6.89. The Kier molecular flexibility index (Phi) is 6.45. The van der Waals surface area contributed by atoms with E-state index in [0.717, 1.165) is 13.1 Å². The van der Waals surface area contributed by atoms with Crippen LogP contribution in [0.5, 0.6) is 5.75 Å². The zero-order valence-electron chi connectivity index (χ0n) is 12.6. The summed E-state index contributed by atoms with van der Waals surface area (Å²) in [5.74, 6) is -0.666. The Bertz CT molecular complexity index is 447. The van der Waals surface area contributed by atoms with Gasteiger partial charge in [-0.1, -0.05) is 13.8 Å². The molecule has 0 bridgehead atoms. The van der Waals surface area contributed by atoms with E-state index in [0.29, 0.717) is 12.1 Å². The zero-order chi connectivity index (χ0) is 15.1. The van der Waals surface area contributed by atoms with Crippen LogP contribution in [-0.4, -0.2) is 43.6 Å². The number of halogens is 1. The van der Waals surface area contributed by atoms with Crippen molar-refractivity contribution >= 4 is 5.91 Å². The van der Waals surface area contributed by atoms with Crippen molar-refractivity contribution < 1.29 is 13.9 Å². The number of likely N-dealkylation sites (N-methyl/N-ethyl adjacent to an activating group) is 1. The van der Waals surface area contributed by atoms with Gasteiger partial charge >= 0.3 is 0 Å². The van der Waals surface area contributed by atoms with E-state index in [1.165, 1.54) is 19.2 Å². The van der Waals surface area contributed by atoms with E-state index in [2.05, 4.69) is 31.0 Å². The van der Waals surface area contributed by atoms with Gasteiger partial charge in [0.25, 0.3) is 5.91 Å². The summed E-state index contributed by atoms with van der Waals surface area (Å²) in [6.07, 6.45) is 0. The Balaban J connectivity index is 2.61. The van der Waals surface area contributed by atoms with Crippen LogP contribution in [0.1, 0.15) is 31.1 Å². The van der Waals surface area contributed by atoms with Gasteiger partial charge in [0.1, 0.15) is 0 Å². The standard InChI is InChI=1S/C15H23FN2O2/c1-5-18(6-2)11(3)10-17-15(19)12-7-8-14(20-4)13(16)9-12/h7-9,11H,5-6,10H2,1-4H3,(H,17,19). The largest absolute Gasteiger partial charge is 0.494 e. The van der Waals surface area contributed by atoms with Gasteiger partial charge in [0.15, 0.2) is 11.6 Å². The van der Waals surface area contributed by atoms with Crippen LogP contribution in [0.15, 0.2) is 18.2 Å². The van der Waals surface area contributed by atoms with E-state index >= 15 is 0 Å². The molecular formula is C15H23FN2O2. The zero-order valence-corrected chi connectivity index (χ0v) is 12.6. The Morgan fingerprint density at radius 2 is 2.05 bits per heavy atom. The highest BCUT2D eigenvalue weighted by molar-refractivity contribution is 5.94. The van der Waals surface area contributed by atoms with Crippen LogP contribution >= 0.6 is 0 Å². The molecule has 1 amide bonds. The lowest BCUT2D eigenvalue weighted by Gasteiger charge is -2.26. The molecular weight excluding hydrogens is 259 g/mol. The third-order valence-electron chi connectivity index (χ3n) is 3.41. The minimum absolute atomic E-state index is 0.137. The summed E-state index contributed by atoms with van der Waals surface area (Å²) in [6, 6.07) is 4.45. The Hall–Kier alpha value is -1.62. The second kappa shape index (κ2) is 7.85. The number of ether oxygens (including phenoxy) is 1. The first-order valence-electron chi connectivity index (χ1n) is 6.89. The topological polar surface area (TPSA) is 41.6 Å². The maximum atomic E-state index is 13.5. The third kappa shape index (κ3) is 4.20. The summed E-state index contributed by atoms with van der Waals surface area (Å²) in [5.41, 5.74) is 0.301. The number of nitrogens with one attached hydrogen (secondary N) is 1. The predicted octanol–water partition coefficient (Wildman–Crippen LogP) is 2.29. The van der Waals surface area contributed by atoms with Crippen molar-refractivity contribution in [2.24, 2.45) is 0 Å². The Labute approximate surface area is 119 Å². The predicted molar refractivity (Wildman–Crippen MR) is 77.7 cm³/mol. The average Bonchev–Trinajstić information content (AvgIpc) is 2.45. The van der Waals surface area contributed by atoms with Gasteiger partial charge in [-0.15, -0.1) is 0 Å². The van der Waals surface area contributed by atoms with Crippen LogP contribution in [0.2, 0.25) is 0 Å². The number of benzene rings is 1. The number of carbonyl (C=O) groups excluding carboxylic acids is 1. The molecule has 1 unspecified atom stereocenters. The van der Waals surface area contributed by atoms with Crippen molar-refractivity contribution in [3.8, 4) is 5.75 Å². The van der Waals surface area contributed by atoms with Gasteiger partial charge in [0.05, 0.1) is 7.11 Å². The van der Waals surface area contributed by atoms with Crippen molar-refractivity contribution in [3.63, 3.8) is 0 Å². The summed E-state index contributed by atoms with van der Waals surface area (Å²) < 4.78 is 18.4. The van der Waals surface area contributed by atoms with Gasteiger partial charge in [-0.25, -0.2) is 4.39 Å². The summed E-state index contributed by atoms with van der Waals surface area (Å²) >= 11 is 0. The first-order chi connectivity index (χ1) is 9.53. The summed E-state index contributed by atoms with van der Waals surface area (Å²) in [5, 5.41) is 2.82. The summed E-state index contributed by atoms with van der Waals surface area (Å²) in [6.45, 7) is 8.63. The molecule has 112 valence electrons. The summed E-state index contributed by atoms with van der Waals surface area (Å²) in [4.78, 5) is 14.2. The molecule has 5 heteroatoms. The smallest absolute Gasteiger partial charge is 0.251 e. The molecule has 4 nitrogen and oxygen atoms in total. The number of rotatable bonds is 7. The highest BCUT2D eigenvalue weighted by atomic mass is 19.1. The highest BCUT2D eigenvalue weighted by Gasteiger charge is 2.13. The first kappa shape index (κ1) is 16.4. The molecule has 20 heavy (non-hydrogen) atoms. The average molecular weight is 282 g/mol. The van der Waals surface area contributed by atoms with E-state index in [1.807, 2.05) is 0 Å². The Morgan fingerprint density at radius 1 is 1.40 bits per heavy atom. The maximum Gasteiger partial charge on any atom is 0.251 e. The number of hydrogen-bond acceptors (Lipinski definition) is 3. The van der Waals surface area contributed by atoms with E-state index in [-0.39, 0.29) is 17.7 Å². The van der Waals surface area contributed by atoms with Crippen LogP contribution in [0.3, 0.4) is 0 Å². The Morgan fingerprint density at radius 3 is 2.55 bits per heavy atom. The molecule has 0 aliphatic heterocycles. The van der Waals surface area contributed by atoms with Gasteiger partial charge in [-0.3, -0.25) is 9.69 Å². The number of amides is 1. The van der Waals surface area contributed by atoms with Crippen LogP contribution < -0.4 is 10.1 Å². The fourth-order valence-electron chi connectivity index (χ4n) is 2.13. The second-order valence-electron chi connectivity index (χ2n) is 4.63. The third-order valence-corrected chi connectivity index (χ3v) is 3.41. The van der Waals surface area contributed by atoms with Gasteiger partial charge < -0.3 is 10.1 Å². The highest BCUT2D eigenvalue weighted by Crippen LogP contribution is 2.17. The molecule has 0 radical (unpaired) electrons. The van der Waals surface area contributed by atoms with E-state index < -0.39 is 5.82 Å². The van der Waals surface area contributed by atoms with Crippen molar-refractivity contribution in [1.82, 2.24) is 10.2 Å². The van der Waals surface area contributed by atoms with Crippen molar-refractivity contribution in [2.45, 2.75) is 26.8 Å². The van der Waals surface area contributed by atoms with Crippen LogP contribution in [0.4, 0.5) is 4.39 Å². The lowest BCUT2D eigenvalue weighted by Crippen LogP contribution is -2.42. The van der Waals surface area contributed by atoms with Crippen LogP contribution in [0, 0.1) is 5.82 Å². The molecule has 1 rings (SSSR count). The van der Waals surface area contributed by atoms with E-state index in [1.54, 1.807) is 6.07 Å². The molecule has 1 aromatic rings. The molecule has 1 aromatic carbocycles. The molecule has 0 heterocycles. The monoisotopic (exact) mass is 282 g/mol. The van der Waals surface area contributed by atoms with Crippen molar-refractivity contribution in [2.75, 3.05) is 26.7 Å². The minimum Gasteiger partial charge on any atom is -0.494 e. The quantitative estimate of drug-likeness (QED) is 0.834. The van der Waals surface area contributed by atoms with Gasteiger partial charge in [0, 0.05) is 18.2 Å². The molecule has 0 spiro atoms. The summed E-state index contributed by atoms with van der Waals surface area (Å²) in [7, 11) is 1.39. The van der Waals surface area contributed by atoms with Gasteiger partial charge in [-0.05, 0) is 38.2 Å². The second-order valence-corrected chi connectivity index (χ2v) is 4.63. The number of methoxy groups -OCH3 is 1. The maximum absolute atomic E-state index is 13.5. The van der Waals surface area contributed by atoms with E-state index in [9.17, 15) is 9.18 Å². The normalized spacial score (nSPS) is 12.3. The lowest BCUT2D eigenvalue weighted by atomic mass is 10.2. The van der Waals surface area contributed by atoms with Crippen molar-refractivity contribution in [3.05, 3.63) is 29.6 Å². The number of nitrogens with zero attached hydrogens (tertiary/aromatic N) is 1. The molecule has 0 aliphatic carbocycles. The molecule has 0 aromatic heterocycles. The molecule has 0 aliphatic rings. The minimum atomic E-state index is -0.531. The fraction of sp³-hybridized carbons (Fsp3) is 0.533. The molecule has 0 saturated carbocycles. The molecule has 1 atom stereocenters. The molecule has 0 fully saturated rings. The van der Waals surface area contributed by atoms with Gasteiger partial charge in [-0.2, -0.15) is 0 Å². The van der Waals surface area contributed by atoms with Crippen LogP contribution in [0.25, 0.3) is 0 Å². The molecule has 1 N–H and O–H groups in total. The van der Waals surface area contributed by atoms with Gasteiger partial charge in [0.2, 0.25) is 0 Å². The fourth-order valence-corrected chi connectivity index (χ4v) is 2.13. The lowest BCUT2D eigenvalue weighted by molar-refractivity contribution is 0.0937. The molecule has 0 saturated heterocycles. The van der Waals surface area contributed by atoms with Crippen LogP contribution in [-0.2, 0) is 0 Å². The van der Waals surface area contributed by atoms with Crippen molar-refractivity contribution in [1.29, 1.82) is 0 Å². The van der Waals surface area contributed by atoms with E-state index in [4.69, 9.17) is 4.74 Å². The number of hydrogen-bond donors (Lipinski definition) is 1. The number of carbonyl (C=O) groups is 1.